The van der Waals surface area contributed by atoms with Gasteiger partial charge in [0.15, 0.2) is 0 Å². The van der Waals surface area contributed by atoms with E-state index in [4.69, 9.17) is 5.11 Å². The summed E-state index contributed by atoms with van der Waals surface area (Å²) in [6.45, 7) is 2.86. The number of carbonyl (C=O) groups is 3. The van der Waals surface area contributed by atoms with E-state index < -0.39 is 18.5 Å². The summed E-state index contributed by atoms with van der Waals surface area (Å²) in [6, 6.07) is -0.749. The summed E-state index contributed by atoms with van der Waals surface area (Å²) >= 11 is 0. The number of aliphatic carboxylic acids is 1. The molecule has 1 saturated heterocycles. The largest absolute Gasteiger partial charge is 0.480 e. The van der Waals surface area contributed by atoms with E-state index in [-0.39, 0.29) is 18.5 Å². The minimum atomic E-state index is -1.11. The predicted octanol–water partition coefficient (Wildman–Crippen LogP) is -0.256. The molecular weight excluding hydrogens is 188 g/mol. The Balaban J connectivity index is 2.74. The fourth-order valence-electron chi connectivity index (χ4n) is 1.36. The molecule has 1 aliphatic rings. The van der Waals surface area contributed by atoms with Crippen LogP contribution in [0.4, 0.5) is 4.79 Å². The minimum Gasteiger partial charge on any atom is -0.480 e. The number of urea groups is 1. The molecule has 0 unspecified atom stereocenters. The number of carboxylic acids is 1. The second-order valence-electron chi connectivity index (χ2n) is 3.39. The molecule has 0 aliphatic carbocycles. The summed E-state index contributed by atoms with van der Waals surface area (Å²) in [6.07, 6.45) is 0. The first-order valence-corrected chi connectivity index (χ1v) is 4.26. The summed E-state index contributed by atoms with van der Waals surface area (Å²) in [5, 5.41) is 8.48. The molecular formula is C8H12N2O4. The number of nitrogens with zero attached hydrogens (tertiary/aromatic N) is 2. The molecule has 3 amide bonds. The third-order valence-electron chi connectivity index (χ3n) is 1.91. The van der Waals surface area contributed by atoms with E-state index in [1.165, 1.54) is 0 Å². The van der Waals surface area contributed by atoms with Gasteiger partial charge in [0.05, 0.1) is 0 Å². The smallest absolute Gasteiger partial charge is 0.327 e. The molecule has 0 spiro atoms. The van der Waals surface area contributed by atoms with Crippen LogP contribution in [0.15, 0.2) is 0 Å². The van der Waals surface area contributed by atoms with Crippen molar-refractivity contribution in [1.29, 1.82) is 0 Å². The molecule has 1 heterocycles. The van der Waals surface area contributed by atoms with Gasteiger partial charge in [-0.05, 0) is 13.8 Å². The molecule has 1 rings (SSSR count). The number of hydrogen-bond acceptors (Lipinski definition) is 3. The van der Waals surface area contributed by atoms with Gasteiger partial charge in [0.2, 0.25) is 0 Å². The van der Waals surface area contributed by atoms with Crippen molar-refractivity contribution in [2.75, 3.05) is 13.1 Å². The number of amides is 3. The van der Waals surface area contributed by atoms with Gasteiger partial charge in [0.1, 0.15) is 13.1 Å². The molecule has 1 fully saturated rings. The SMILES string of the molecule is CC(C)N1C(=O)CN(CC(=O)O)C1=O. The van der Waals surface area contributed by atoms with Crippen LogP contribution in [0, 0.1) is 0 Å². The highest BCUT2D eigenvalue weighted by atomic mass is 16.4. The molecule has 0 aromatic rings. The fraction of sp³-hybridized carbons (Fsp3) is 0.625. The van der Waals surface area contributed by atoms with Crippen LogP contribution in [0.1, 0.15) is 13.8 Å². The Bertz CT molecular complexity index is 287. The molecule has 6 nitrogen and oxygen atoms in total. The summed E-state index contributed by atoms with van der Waals surface area (Å²) < 4.78 is 0. The summed E-state index contributed by atoms with van der Waals surface area (Å²) in [4.78, 5) is 35.2. The van der Waals surface area contributed by atoms with Gasteiger partial charge in [0, 0.05) is 6.04 Å². The first-order valence-electron chi connectivity index (χ1n) is 4.26. The lowest BCUT2D eigenvalue weighted by Crippen LogP contribution is -2.39. The molecule has 0 radical (unpaired) electrons. The highest BCUT2D eigenvalue weighted by molar-refractivity contribution is 6.03. The van der Waals surface area contributed by atoms with Crippen LogP contribution in [0.5, 0.6) is 0 Å². The molecule has 0 bridgehead atoms. The second kappa shape index (κ2) is 3.65. The van der Waals surface area contributed by atoms with Crippen molar-refractivity contribution in [2.45, 2.75) is 19.9 Å². The van der Waals surface area contributed by atoms with Crippen molar-refractivity contribution in [3.63, 3.8) is 0 Å². The van der Waals surface area contributed by atoms with Crippen molar-refractivity contribution < 1.29 is 19.5 Å². The van der Waals surface area contributed by atoms with E-state index in [1.807, 2.05) is 0 Å². The summed E-state index contributed by atoms with van der Waals surface area (Å²) in [7, 11) is 0. The van der Waals surface area contributed by atoms with Crippen LogP contribution in [0.2, 0.25) is 0 Å². The maximum Gasteiger partial charge on any atom is 0.327 e. The van der Waals surface area contributed by atoms with E-state index in [1.54, 1.807) is 13.8 Å². The molecule has 1 aliphatic heterocycles. The molecule has 0 aromatic heterocycles. The number of hydrogen-bond donors (Lipinski definition) is 1. The van der Waals surface area contributed by atoms with E-state index in [9.17, 15) is 14.4 Å². The second-order valence-corrected chi connectivity index (χ2v) is 3.39. The third-order valence-corrected chi connectivity index (χ3v) is 1.91. The Kier molecular flexibility index (Phi) is 2.73. The highest BCUT2D eigenvalue weighted by Gasteiger charge is 2.38. The molecule has 0 atom stereocenters. The average Bonchev–Trinajstić information content (AvgIpc) is 2.25. The third kappa shape index (κ3) is 1.84. The van der Waals surface area contributed by atoms with E-state index in [2.05, 4.69) is 0 Å². The first-order chi connectivity index (χ1) is 6.43. The quantitative estimate of drug-likeness (QED) is 0.637. The predicted molar refractivity (Wildman–Crippen MR) is 46.6 cm³/mol. The van der Waals surface area contributed by atoms with Crippen molar-refractivity contribution in [3.05, 3.63) is 0 Å². The number of imide groups is 1. The maximum atomic E-state index is 11.5. The average molecular weight is 200 g/mol. The van der Waals surface area contributed by atoms with Gasteiger partial charge >= 0.3 is 12.0 Å². The first kappa shape index (κ1) is 10.5. The van der Waals surface area contributed by atoms with Gasteiger partial charge in [0.25, 0.3) is 5.91 Å². The normalized spacial score (nSPS) is 17.1. The topological polar surface area (TPSA) is 77.9 Å². The number of carbonyl (C=O) groups excluding carboxylic acids is 2. The van der Waals surface area contributed by atoms with Gasteiger partial charge in [-0.3, -0.25) is 14.5 Å². The highest BCUT2D eigenvalue weighted by Crippen LogP contribution is 2.12. The fourth-order valence-corrected chi connectivity index (χ4v) is 1.36. The van der Waals surface area contributed by atoms with Crippen LogP contribution >= 0.6 is 0 Å². The lowest BCUT2D eigenvalue weighted by atomic mass is 10.3. The summed E-state index contributed by atoms with van der Waals surface area (Å²) in [5.41, 5.74) is 0. The van der Waals surface area contributed by atoms with E-state index >= 15 is 0 Å². The van der Waals surface area contributed by atoms with Gasteiger partial charge in [-0.1, -0.05) is 0 Å². The zero-order chi connectivity index (χ0) is 10.9. The number of carboxylic acid groups (broad SMARTS) is 1. The standard InChI is InChI=1S/C8H12N2O4/c1-5(2)10-6(11)3-9(8(10)14)4-7(12)13/h5H,3-4H2,1-2H3,(H,12,13). The van der Waals surface area contributed by atoms with Crippen molar-refractivity contribution >= 4 is 17.9 Å². The van der Waals surface area contributed by atoms with E-state index in [0.29, 0.717) is 0 Å². The molecule has 0 aromatic carbocycles. The zero-order valence-corrected chi connectivity index (χ0v) is 8.06. The maximum absolute atomic E-state index is 11.5. The Hall–Kier alpha value is -1.59. The molecule has 1 N–H and O–H groups in total. The van der Waals surface area contributed by atoms with Crippen molar-refractivity contribution in [1.82, 2.24) is 9.80 Å². The number of rotatable bonds is 3. The Morgan fingerprint density at radius 3 is 2.43 bits per heavy atom. The molecule has 0 saturated carbocycles. The van der Waals surface area contributed by atoms with Gasteiger partial charge in [-0.2, -0.15) is 0 Å². The van der Waals surface area contributed by atoms with Crippen LogP contribution in [-0.2, 0) is 9.59 Å². The van der Waals surface area contributed by atoms with Crippen LogP contribution in [0.3, 0.4) is 0 Å². The lowest BCUT2D eigenvalue weighted by molar-refractivity contribution is -0.137. The zero-order valence-electron chi connectivity index (χ0n) is 8.06. The van der Waals surface area contributed by atoms with Gasteiger partial charge in [-0.25, -0.2) is 4.79 Å². The van der Waals surface area contributed by atoms with Crippen LogP contribution in [-0.4, -0.2) is 51.9 Å². The minimum absolute atomic E-state index is 0.136. The Labute approximate surface area is 81.1 Å². The monoisotopic (exact) mass is 200 g/mol. The van der Waals surface area contributed by atoms with Gasteiger partial charge in [-0.15, -0.1) is 0 Å². The molecule has 78 valence electrons. The lowest BCUT2D eigenvalue weighted by Gasteiger charge is -2.18. The van der Waals surface area contributed by atoms with Crippen LogP contribution < -0.4 is 0 Å². The van der Waals surface area contributed by atoms with Crippen molar-refractivity contribution in [3.8, 4) is 0 Å². The Morgan fingerprint density at radius 1 is 1.50 bits per heavy atom. The molecule has 14 heavy (non-hydrogen) atoms. The van der Waals surface area contributed by atoms with Crippen molar-refractivity contribution in [2.24, 2.45) is 0 Å². The summed E-state index contributed by atoms with van der Waals surface area (Å²) in [5.74, 6) is -1.46. The van der Waals surface area contributed by atoms with E-state index in [0.717, 1.165) is 9.80 Å². The molecule has 6 heteroatoms. The Morgan fingerprint density at radius 2 is 2.07 bits per heavy atom. The van der Waals surface area contributed by atoms with Crippen LogP contribution in [0.25, 0.3) is 0 Å². The van der Waals surface area contributed by atoms with Gasteiger partial charge < -0.3 is 10.0 Å².